The fraction of sp³-hybridized carbons (Fsp3) is 0.156. The summed E-state index contributed by atoms with van der Waals surface area (Å²) in [4.78, 5) is 81.9. The number of fused-ring (bicyclic) bond motifs is 3. The number of ether oxygens (including phenoxy) is 1. The molecule has 3 aromatic carbocycles. The molecule has 1 fully saturated rings. The van der Waals surface area contributed by atoms with Gasteiger partial charge in [0.15, 0.2) is 11.4 Å². The van der Waals surface area contributed by atoms with Crippen molar-refractivity contribution in [2.45, 2.75) is 12.5 Å². The van der Waals surface area contributed by atoms with Crippen LogP contribution >= 0.6 is 0 Å². The Bertz CT molecular complexity index is 2140. The molecule has 2 atom stereocenters. The highest BCUT2D eigenvalue weighted by atomic mass is 16.5. The number of carboxylic acid groups (broad SMARTS) is 1. The average molecular weight is 622 g/mol. The van der Waals surface area contributed by atoms with E-state index in [0.29, 0.717) is 22.0 Å². The molecule has 46 heavy (non-hydrogen) atoms. The number of aromatic amines is 1. The van der Waals surface area contributed by atoms with Gasteiger partial charge in [0.2, 0.25) is 11.5 Å². The van der Waals surface area contributed by atoms with Crippen LogP contribution in [-0.4, -0.2) is 64.1 Å². The van der Waals surface area contributed by atoms with Crippen molar-refractivity contribution in [2.24, 2.45) is 5.92 Å². The fourth-order valence-electron chi connectivity index (χ4n) is 5.84. The first-order chi connectivity index (χ1) is 22.2. The van der Waals surface area contributed by atoms with Crippen molar-refractivity contribution >= 4 is 68.7 Å². The molecule has 2 aliphatic heterocycles. The number of pyridine rings is 1. The van der Waals surface area contributed by atoms with E-state index in [9.17, 15) is 33.9 Å². The predicted octanol–water partition coefficient (Wildman–Crippen LogP) is 2.93. The first-order valence-corrected chi connectivity index (χ1v) is 14.2. The summed E-state index contributed by atoms with van der Waals surface area (Å²) in [6, 6.07) is 18.8. The SMILES string of the molecule is O=C(O)C[C@@H](C(=O)Nc1ccc2c(N3C(=O)c4ccccc4C3=O)noc2c1)[C@H]1OCCN(c2cccc3[nH]c(=O)ccc23)C1=O. The normalized spacial score (nSPS) is 17.0. The maximum atomic E-state index is 13.7. The van der Waals surface area contributed by atoms with Gasteiger partial charge in [0.05, 0.1) is 46.7 Å². The van der Waals surface area contributed by atoms with Crippen LogP contribution in [0.1, 0.15) is 27.1 Å². The van der Waals surface area contributed by atoms with Gasteiger partial charge in [-0.3, -0.25) is 28.8 Å². The molecule has 7 rings (SSSR count). The van der Waals surface area contributed by atoms with Crippen LogP contribution < -0.4 is 20.7 Å². The summed E-state index contributed by atoms with van der Waals surface area (Å²) in [6.07, 6.45) is -2.12. The van der Waals surface area contributed by atoms with Crippen molar-refractivity contribution < 1.29 is 38.3 Å². The summed E-state index contributed by atoms with van der Waals surface area (Å²) in [6.45, 7) is 0.177. The summed E-state index contributed by atoms with van der Waals surface area (Å²) in [5, 5.41) is 17.1. The van der Waals surface area contributed by atoms with Crippen LogP contribution in [0.3, 0.4) is 0 Å². The Balaban J connectivity index is 1.14. The molecule has 5 aromatic rings. The number of carboxylic acids is 1. The van der Waals surface area contributed by atoms with E-state index >= 15 is 0 Å². The first-order valence-electron chi connectivity index (χ1n) is 14.2. The number of imide groups is 1. The molecule has 0 radical (unpaired) electrons. The van der Waals surface area contributed by atoms with Gasteiger partial charge in [0.1, 0.15) is 6.10 Å². The van der Waals surface area contributed by atoms with Gasteiger partial charge in [0, 0.05) is 29.8 Å². The monoisotopic (exact) mass is 621 g/mol. The molecule has 4 heterocycles. The number of benzene rings is 3. The van der Waals surface area contributed by atoms with Gasteiger partial charge in [0.25, 0.3) is 17.7 Å². The van der Waals surface area contributed by atoms with Gasteiger partial charge in [-0.1, -0.05) is 23.4 Å². The molecule has 2 aliphatic rings. The number of nitrogens with one attached hydrogen (secondary N) is 2. The maximum absolute atomic E-state index is 13.7. The number of H-pyrrole nitrogens is 1. The summed E-state index contributed by atoms with van der Waals surface area (Å²) >= 11 is 0. The van der Waals surface area contributed by atoms with Gasteiger partial charge >= 0.3 is 5.97 Å². The van der Waals surface area contributed by atoms with Crippen LogP contribution in [-0.2, 0) is 19.1 Å². The lowest BCUT2D eigenvalue weighted by Crippen LogP contribution is -2.53. The number of aromatic nitrogens is 2. The van der Waals surface area contributed by atoms with E-state index in [-0.39, 0.29) is 46.9 Å². The molecule has 0 aliphatic carbocycles. The van der Waals surface area contributed by atoms with Crippen molar-refractivity contribution in [1.29, 1.82) is 0 Å². The van der Waals surface area contributed by atoms with Crippen molar-refractivity contribution in [2.75, 3.05) is 28.3 Å². The number of carbonyl (C=O) groups is 5. The third-order valence-electron chi connectivity index (χ3n) is 7.98. The largest absolute Gasteiger partial charge is 0.481 e. The molecule has 2 aromatic heterocycles. The second-order valence-electron chi connectivity index (χ2n) is 10.7. The zero-order valence-corrected chi connectivity index (χ0v) is 23.8. The van der Waals surface area contributed by atoms with Gasteiger partial charge in [-0.25, -0.2) is 4.90 Å². The molecule has 0 unspecified atom stereocenters. The molecule has 3 N–H and O–H groups in total. The summed E-state index contributed by atoms with van der Waals surface area (Å²) in [5.74, 6) is -5.23. The van der Waals surface area contributed by atoms with Crippen LogP contribution in [0, 0.1) is 5.92 Å². The van der Waals surface area contributed by atoms with Gasteiger partial charge in [-0.05, 0) is 42.5 Å². The Morgan fingerprint density at radius 1 is 0.957 bits per heavy atom. The number of hydrogen-bond acceptors (Lipinski definition) is 9. The van der Waals surface area contributed by atoms with Crippen molar-refractivity contribution in [1.82, 2.24) is 10.1 Å². The van der Waals surface area contributed by atoms with Crippen LogP contribution in [0.15, 0.2) is 82.1 Å². The lowest BCUT2D eigenvalue weighted by molar-refractivity contribution is -0.149. The van der Waals surface area contributed by atoms with Gasteiger partial charge in [-0.15, -0.1) is 0 Å². The molecular formula is C32H23N5O9. The van der Waals surface area contributed by atoms with E-state index in [1.165, 1.54) is 29.2 Å². The minimum absolute atomic E-state index is 0.0124. The number of hydrogen-bond donors (Lipinski definition) is 3. The van der Waals surface area contributed by atoms with Gasteiger partial charge < -0.3 is 29.6 Å². The second-order valence-corrected chi connectivity index (χ2v) is 10.7. The van der Waals surface area contributed by atoms with E-state index in [0.717, 1.165) is 4.90 Å². The Morgan fingerprint density at radius 3 is 2.43 bits per heavy atom. The highest BCUT2D eigenvalue weighted by Crippen LogP contribution is 2.35. The minimum atomic E-state index is -1.42. The van der Waals surface area contributed by atoms with E-state index in [1.54, 1.807) is 48.5 Å². The van der Waals surface area contributed by atoms with E-state index in [2.05, 4.69) is 15.5 Å². The number of rotatable bonds is 7. The summed E-state index contributed by atoms with van der Waals surface area (Å²) in [7, 11) is 0. The highest BCUT2D eigenvalue weighted by Gasteiger charge is 2.42. The minimum Gasteiger partial charge on any atom is -0.481 e. The van der Waals surface area contributed by atoms with Crippen molar-refractivity contribution in [3.05, 3.63) is 94.3 Å². The topological polar surface area (TPSA) is 192 Å². The third-order valence-corrected chi connectivity index (χ3v) is 7.98. The summed E-state index contributed by atoms with van der Waals surface area (Å²) in [5.41, 5.74) is 1.49. The number of aliphatic carboxylic acids is 1. The molecule has 1 saturated heterocycles. The third kappa shape index (κ3) is 4.77. The molecular weight excluding hydrogens is 598 g/mol. The van der Waals surface area contributed by atoms with E-state index < -0.39 is 48.0 Å². The molecule has 0 bridgehead atoms. The number of amides is 4. The quantitative estimate of drug-likeness (QED) is 0.228. The fourth-order valence-corrected chi connectivity index (χ4v) is 5.84. The van der Waals surface area contributed by atoms with Crippen LogP contribution in [0.2, 0.25) is 0 Å². The zero-order valence-electron chi connectivity index (χ0n) is 23.8. The Kier molecular flexibility index (Phi) is 6.90. The second kappa shape index (κ2) is 11.1. The summed E-state index contributed by atoms with van der Waals surface area (Å²) < 4.78 is 11.1. The van der Waals surface area contributed by atoms with Gasteiger partial charge in [-0.2, -0.15) is 0 Å². The van der Waals surface area contributed by atoms with Crippen LogP contribution in [0.5, 0.6) is 0 Å². The zero-order chi connectivity index (χ0) is 32.1. The van der Waals surface area contributed by atoms with E-state index in [1.807, 2.05) is 0 Å². The highest BCUT2D eigenvalue weighted by molar-refractivity contribution is 6.35. The molecule has 14 nitrogen and oxygen atoms in total. The first kappa shape index (κ1) is 28.6. The maximum Gasteiger partial charge on any atom is 0.304 e. The predicted molar refractivity (Wildman–Crippen MR) is 163 cm³/mol. The number of anilines is 3. The smallest absolute Gasteiger partial charge is 0.304 e. The van der Waals surface area contributed by atoms with E-state index in [4.69, 9.17) is 9.26 Å². The lowest BCUT2D eigenvalue weighted by Gasteiger charge is -2.35. The van der Waals surface area contributed by atoms with Crippen molar-refractivity contribution in [3.8, 4) is 0 Å². The molecule has 14 heteroatoms. The number of carbonyl (C=O) groups excluding carboxylic acids is 4. The Morgan fingerprint density at radius 2 is 1.70 bits per heavy atom. The molecule has 230 valence electrons. The standard InChI is InChI=1S/C32H23N5O9/c38-25-11-10-19-22(34-25)6-3-7-23(19)36-12-13-45-27(32(36)44)21(15-26(39)40)29(41)33-16-8-9-20-24(14-16)46-35-28(20)37-30(42)17-4-1-2-5-18(17)31(37)43/h1-11,14,21,27H,12-13,15H2,(H,33,41)(H,34,38)(H,39,40)/t21-,27-/m1/s1. The molecule has 0 saturated carbocycles. The number of nitrogens with zero attached hydrogens (tertiary/aromatic N) is 3. The molecule has 0 spiro atoms. The van der Waals surface area contributed by atoms with Crippen molar-refractivity contribution in [3.63, 3.8) is 0 Å². The molecule has 4 amide bonds. The lowest BCUT2D eigenvalue weighted by atomic mass is 9.94. The van der Waals surface area contributed by atoms with Crippen LogP contribution in [0.4, 0.5) is 17.2 Å². The number of morpholine rings is 1. The Hall–Kier alpha value is -6.15. The van der Waals surface area contributed by atoms with Crippen LogP contribution in [0.25, 0.3) is 21.9 Å². The average Bonchev–Trinajstić information content (AvgIpc) is 3.56. The Labute approximate surface area is 258 Å².